The molecule has 1 saturated heterocycles. The first-order valence-corrected chi connectivity index (χ1v) is 7.84. The number of hydrogen-bond donors (Lipinski definition) is 1. The van der Waals surface area contributed by atoms with Crippen molar-refractivity contribution in [2.75, 3.05) is 31.2 Å². The van der Waals surface area contributed by atoms with Crippen LogP contribution in [0.2, 0.25) is 0 Å². The molecule has 0 saturated carbocycles. The zero-order chi connectivity index (χ0) is 14.9. The Bertz CT molecular complexity index is 523. The van der Waals surface area contributed by atoms with Crippen molar-refractivity contribution in [3.63, 3.8) is 0 Å². The van der Waals surface area contributed by atoms with Crippen LogP contribution in [-0.4, -0.2) is 32.2 Å². The van der Waals surface area contributed by atoms with Crippen molar-refractivity contribution in [1.82, 2.24) is 0 Å². The Kier molecular flexibility index (Phi) is 4.00. The predicted molar refractivity (Wildman–Crippen MR) is 83.2 cm³/mol. The maximum atomic E-state index is 13.2. The minimum absolute atomic E-state index is 0.187. The molecule has 0 aromatic heterocycles. The second kappa shape index (κ2) is 5.78. The van der Waals surface area contributed by atoms with Gasteiger partial charge in [-0.1, -0.05) is 25.1 Å². The lowest BCUT2D eigenvalue weighted by Crippen LogP contribution is -2.53. The summed E-state index contributed by atoms with van der Waals surface area (Å²) >= 11 is 0. The molecule has 1 unspecified atom stereocenters. The van der Waals surface area contributed by atoms with Crippen LogP contribution in [0, 0.1) is 11.3 Å². The van der Waals surface area contributed by atoms with Crippen molar-refractivity contribution in [2.24, 2.45) is 17.1 Å². The van der Waals surface area contributed by atoms with Crippen LogP contribution in [0.15, 0.2) is 24.3 Å². The third-order valence-electron chi connectivity index (χ3n) is 4.88. The number of nitrogens with zero attached hydrogens (tertiary/aromatic N) is 1. The number of hydrogen-bond acceptors (Lipinski definition) is 3. The Labute approximate surface area is 126 Å². The van der Waals surface area contributed by atoms with Crippen molar-refractivity contribution in [3.05, 3.63) is 29.8 Å². The summed E-state index contributed by atoms with van der Waals surface area (Å²) in [5.74, 6) is 0.672. The number of amides is 1. The number of carbonyl (C=O) groups excluding carboxylic acids is 1. The molecule has 2 N–H and O–H groups in total. The smallest absolute Gasteiger partial charge is 0.234 e. The van der Waals surface area contributed by atoms with Gasteiger partial charge in [0, 0.05) is 32.0 Å². The molecule has 0 spiro atoms. The van der Waals surface area contributed by atoms with Crippen LogP contribution in [0.4, 0.5) is 5.69 Å². The fraction of sp³-hybridized carbons (Fsp3) is 0.588. The van der Waals surface area contributed by atoms with E-state index in [1.54, 1.807) is 0 Å². The molecule has 3 rings (SSSR count). The van der Waals surface area contributed by atoms with Gasteiger partial charge in [0.2, 0.25) is 5.91 Å². The van der Waals surface area contributed by atoms with Crippen molar-refractivity contribution in [3.8, 4) is 0 Å². The standard InChI is InChI=1S/C17H24N2O2/c1-13-10-14-4-2-3-5-15(14)19(11-13)16(20)17(12-18)6-8-21-9-7-17/h2-5,13H,6-12,18H2,1H3. The number of rotatable bonds is 2. The molecule has 4 heteroatoms. The van der Waals surface area contributed by atoms with Gasteiger partial charge >= 0.3 is 0 Å². The number of anilines is 1. The quantitative estimate of drug-likeness (QED) is 0.905. The van der Waals surface area contributed by atoms with Gasteiger partial charge in [-0.05, 0) is 36.8 Å². The molecule has 2 aliphatic rings. The third-order valence-corrected chi connectivity index (χ3v) is 4.88. The highest BCUT2D eigenvalue weighted by Crippen LogP contribution is 2.37. The first-order chi connectivity index (χ1) is 10.2. The molecule has 2 aliphatic heterocycles. The van der Waals surface area contributed by atoms with Crippen LogP contribution in [0.25, 0.3) is 0 Å². The molecular weight excluding hydrogens is 264 g/mol. The third kappa shape index (κ3) is 2.58. The van der Waals surface area contributed by atoms with E-state index in [1.165, 1.54) is 5.56 Å². The Hall–Kier alpha value is -1.39. The van der Waals surface area contributed by atoms with E-state index >= 15 is 0 Å². The molecular formula is C17H24N2O2. The number of carbonyl (C=O) groups is 1. The molecule has 1 amide bonds. The number of ether oxygens (including phenoxy) is 1. The predicted octanol–water partition coefficient (Wildman–Crippen LogP) is 1.97. The van der Waals surface area contributed by atoms with E-state index in [-0.39, 0.29) is 5.91 Å². The van der Waals surface area contributed by atoms with Gasteiger partial charge in [-0.25, -0.2) is 0 Å². The lowest BCUT2D eigenvalue weighted by Gasteiger charge is -2.42. The Morgan fingerprint density at radius 2 is 2.10 bits per heavy atom. The van der Waals surface area contributed by atoms with Crippen molar-refractivity contribution in [2.45, 2.75) is 26.2 Å². The van der Waals surface area contributed by atoms with Gasteiger partial charge < -0.3 is 15.4 Å². The van der Waals surface area contributed by atoms with Crippen molar-refractivity contribution in [1.29, 1.82) is 0 Å². The molecule has 1 fully saturated rings. The first kappa shape index (κ1) is 14.5. The molecule has 21 heavy (non-hydrogen) atoms. The summed E-state index contributed by atoms with van der Waals surface area (Å²) in [5.41, 5.74) is 7.89. The maximum Gasteiger partial charge on any atom is 0.234 e. The van der Waals surface area contributed by atoms with Crippen LogP contribution >= 0.6 is 0 Å². The highest BCUT2D eigenvalue weighted by molar-refractivity contribution is 5.99. The van der Waals surface area contributed by atoms with Crippen LogP contribution in [0.3, 0.4) is 0 Å². The minimum Gasteiger partial charge on any atom is -0.381 e. The summed E-state index contributed by atoms with van der Waals surface area (Å²) in [6, 6.07) is 8.24. The van der Waals surface area contributed by atoms with Gasteiger partial charge in [-0.3, -0.25) is 4.79 Å². The largest absolute Gasteiger partial charge is 0.381 e. The summed E-state index contributed by atoms with van der Waals surface area (Å²) in [6.07, 6.45) is 2.50. The van der Waals surface area contributed by atoms with Gasteiger partial charge in [0.15, 0.2) is 0 Å². The Balaban J connectivity index is 1.94. The molecule has 1 atom stereocenters. The van der Waals surface area contributed by atoms with E-state index in [9.17, 15) is 4.79 Å². The summed E-state index contributed by atoms with van der Waals surface area (Å²) in [5, 5.41) is 0. The second-order valence-corrected chi connectivity index (χ2v) is 6.45. The molecule has 4 nitrogen and oxygen atoms in total. The van der Waals surface area contributed by atoms with E-state index in [2.05, 4.69) is 19.1 Å². The Morgan fingerprint density at radius 1 is 1.38 bits per heavy atom. The van der Waals surface area contributed by atoms with Gasteiger partial charge in [-0.2, -0.15) is 0 Å². The zero-order valence-electron chi connectivity index (χ0n) is 12.7. The molecule has 0 radical (unpaired) electrons. The number of benzene rings is 1. The topological polar surface area (TPSA) is 55.6 Å². The molecule has 1 aromatic carbocycles. The highest BCUT2D eigenvalue weighted by Gasteiger charge is 2.43. The molecule has 0 aliphatic carbocycles. The maximum absolute atomic E-state index is 13.2. The second-order valence-electron chi connectivity index (χ2n) is 6.45. The van der Waals surface area contributed by atoms with Crippen molar-refractivity contribution >= 4 is 11.6 Å². The number of fused-ring (bicyclic) bond motifs is 1. The first-order valence-electron chi connectivity index (χ1n) is 7.84. The fourth-order valence-electron chi connectivity index (χ4n) is 3.54. The average molecular weight is 288 g/mol. The monoisotopic (exact) mass is 288 g/mol. The minimum atomic E-state index is -0.442. The van der Waals surface area contributed by atoms with Gasteiger partial charge in [0.25, 0.3) is 0 Å². The van der Waals surface area contributed by atoms with Gasteiger partial charge in [-0.15, -0.1) is 0 Å². The SMILES string of the molecule is CC1Cc2ccccc2N(C(=O)C2(CN)CCOCC2)C1. The summed E-state index contributed by atoms with van der Waals surface area (Å²) in [6.45, 7) is 4.66. The van der Waals surface area contributed by atoms with Crippen LogP contribution in [0.5, 0.6) is 0 Å². The molecule has 0 bridgehead atoms. The van der Waals surface area contributed by atoms with Gasteiger partial charge in [0.1, 0.15) is 0 Å². The molecule has 114 valence electrons. The van der Waals surface area contributed by atoms with E-state index in [4.69, 9.17) is 10.5 Å². The van der Waals surface area contributed by atoms with E-state index in [0.717, 1.165) is 31.5 Å². The summed E-state index contributed by atoms with van der Waals surface area (Å²) in [4.78, 5) is 15.2. The normalized spacial score (nSPS) is 24.5. The number of nitrogens with two attached hydrogens (primary N) is 1. The fourth-order valence-corrected chi connectivity index (χ4v) is 3.54. The van der Waals surface area contributed by atoms with Crippen LogP contribution in [0.1, 0.15) is 25.3 Å². The van der Waals surface area contributed by atoms with E-state index < -0.39 is 5.41 Å². The highest BCUT2D eigenvalue weighted by atomic mass is 16.5. The van der Waals surface area contributed by atoms with E-state index in [1.807, 2.05) is 17.0 Å². The van der Waals surface area contributed by atoms with Gasteiger partial charge in [0.05, 0.1) is 5.41 Å². The summed E-state index contributed by atoms with van der Waals surface area (Å²) < 4.78 is 5.43. The summed E-state index contributed by atoms with van der Waals surface area (Å²) in [7, 11) is 0. The zero-order valence-corrected chi connectivity index (χ0v) is 12.7. The lowest BCUT2D eigenvalue weighted by atomic mass is 9.78. The average Bonchev–Trinajstić information content (AvgIpc) is 2.54. The molecule has 1 aromatic rings. The number of para-hydroxylation sites is 1. The van der Waals surface area contributed by atoms with Crippen LogP contribution < -0.4 is 10.6 Å². The van der Waals surface area contributed by atoms with Crippen molar-refractivity contribution < 1.29 is 9.53 Å². The Morgan fingerprint density at radius 3 is 2.81 bits per heavy atom. The van der Waals surface area contributed by atoms with E-state index in [0.29, 0.717) is 25.7 Å². The molecule has 2 heterocycles. The van der Waals surface area contributed by atoms with Crippen LogP contribution in [-0.2, 0) is 16.0 Å². The lowest BCUT2D eigenvalue weighted by molar-refractivity contribution is -0.133.